The molecule has 0 aliphatic heterocycles. The molecule has 92 valence electrons. The van der Waals surface area contributed by atoms with E-state index in [9.17, 15) is 10.1 Å². The first-order valence-corrected chi connectivity index (χ1v) is 5.90. The highest BCUT2D eigenvalue weighted by molar-refractivity contribution is 9.10. The zero-order chi connectivity index (χ0) is 13.1. The molecule has 0 saturated heterocycles. The summed E-state index contributed by atoms with van der Waals surface area (Å²) in [6.07, 6.45) is 1.48. The van der Waals surface area contributed by atoms with Crippen LogP contribution in [-0.2, 0) is 0 Å². The van der Waals surface area contributed by atoms with Crippen molar-refractivity contribution in [1.29, 1.82) is 0 Å². The molecule has 18 heavy (non-hydrogen) atoms. The second-order valence-corrected chi connectivity index (χ2v) is 4.51. The Balaban J connectivity index is 2.40. The van der Waals surface area contributed by atoms with E-state index in [2.05, 4.69) is 20.9 Å². The van der Waals surface area contributed by atoms with Crippen LogP contribution in [0.15, 0.2) is 41.0 Å². The van der Waals surface area contributed by atoms with Gasteiger partial charge >= 0.3 is 5.69 Å². The third-order valence-electron chi connectivity index (χ3n) is 2.29. The first kappa shape index (κ1) is 12.5. The van der Waals surface area contributed by atoms with Gasteiger partial charge in [-0.15, -0.1) is 0 Å². The first-order valence-electron chi connectivity index (χ1n) is 5.11. The second-order valence-electron chi connectivity index (χ2n) is 3.60. The molecule has 0 spiro atoms. The molecule has 0 radical (unpaired) electrons. The number of hydrogen-bond donors (Lipinski definition) is 0. The molecule has 6 heteroatoms. The van der Waals surface area contributed by atoms with Crippen LogP contribution in [0.1, 0.15) is 5.56 Å². The van der Waals surface area contributed by atoms with Gasteiger partial charge in [-0.2, -0.15) is 0 Å². The van der Waals surface area contributed by atoms with Crippen molar-refractivity contribution < 1.29 is 9.66 Å². The average molecular weight is 309 g/mol. The van der Waals surface area contributed by atoms with Crippen LogP contribution in [0.3, 0.4) is 0 Å². The maximum absolute atomic E-state index is 11.0. The van der Waals surface area contributed by atoms with E-state index in [0.29, 0.717) is 11.3 Å². The topological polar surface area (TPSA) is 65.3 Å². The van der Waals surface area contributed by atoms with Crippen LogP contribution in [0.25, 0.3) is 0 Å². The largest absolute Gasteiger partial charge is 0.434 e. The standard InChI is InChI=1S/C12H9BrN2O3/c1-8-5-6-14-12(11(8)15(16)17)18-10-4-2-3-9(13)7-10/h2-7H,1H3. The van der Waals surface area contributed by atoms with Gasteiger partial charge in [0.25, 0.3) is 5.88 Å². The van der Waals surface area contributed by atoms with Gasteiger partial charge in [-0.3, -0.25) is 10.1 Å². The van der Waals surface area contributed by atoms with Gasteiger partial charge in [0.2, 0.25) is 0 Å². The predicted molar refractivity (Wildman–Crippen MR) is 69.8 cm³/mol. The molecule has 2 aromatic rings. The Hall–Kier alpha value is -1.95. The minimum atomic E-state index is -0.490. The zero-order valence-corrected chi connectivity index (χ0v) is 11.0. The predicted octanol–water partition coefficient (Wildman–Crippen LogP) is 3.85. The molecule has 1 aromatic carbocycles. The second kappa shape index (κ2) is 5.14. The lowest BCUT2D eigenvalue weighted by Gasteiger charge is -2.06. The molecular weight excluding hydrogens is 300 g/mol. The van der Waals surface area contributed by atoms with Gasteiger partial charge in [-0.25, -0.2) is 4.98 Å². The maximum Gasteiger partial charge on any atom is 0.334 e. The molecule has 0 aliphatic carbocycles. The van der Waals surface area contributed by atoms with Gasteiger partial charge < -0.3 is 4.74 Å². The maximum atomic E-state index is 11.0. The van der Waals surface area contributed by atoms with E-state index < -0.39 is 4.92 Å². The van der Waals surface area contributed by atoms with E-state index in [1.54, 1.807) is 31.2 Å². The number of nitro groups is 1. The Morgan fingerprint density at radius 1 is 1.39 bits per heavy atom. The number of pyridine rings is 1. The molecule has 0 fully saturated rings. The van der Waals surface area contributed by atoms with Gasteiger partial charge in [0, 0.05) is 16.2 Å². The summed E-state index contributed by atoms with van der Waals surface area (Å²) in [5.41, 5.74) is 0.400. The number of rotatable bonds is 3. The van der Waals surface area contributed by atoms with Crippen LogP contribution in [0.4, 0.5) is 5.69 Å². The van der Waals surface area contributed by atoms with Gasteiger partial charge in [-0.05, 0) is 31.2 Å². The molecule has 0 aliphatic rings. The average Bonchev–Trinajstić information content (AvgIpc) is 2.28. The van der Waals surface area contributed by atoms with Crippen LogP contribution < -0.4 is 4.74 Å². The summed E-state index contributed by atoms with van der Waals surface area (Å²) in [6.45, 7) is 1.65. The summed E-state index contributed by atoms with van der Waals surface area (Å²) in [7, 11) is 0. The van der Waals surface area contributed by atoms with Crippen LogP contribution in [0.5, 0.6) is 11.6 Å². The van der Waals surface area contributed by atoms with Crippen LogP contribution >= 0.6 is 15.9 Å². The fourth-order valence-corrected chi connectivity index (χ4v) is 1.84. The summed E-state index contributed by atoms with van der Waals surface area (Å²) < 4.78 is 6.28. The number of benzene rings is 1. The van der Waals surface area contributed by atoms with E-state index in [1.807, 2.05) is 6.07 Å². The van der Waals surface area contributed by atoms with Gasteiger partial charge in [0.15, 0.2) is 0 Å². The zero-order valence-electron chi connectivity index (χ0n) is 9.46. The Bertz CT molecular complexity index is 602. The van der Waals surface area contributed by atoms with Crippen molar-refractivity contribution in [1.82, 2.24) is 4.98 Å². The Labute approximate surface area is 112 Å². The highest BCUT2D eigenvalue weighted by Crippen LogP contribution is 2.32. The number of ether oxygens (including phenoxy) is 1. The first-order chi connectivity index (χ1) is 8.58. The van der Waals surface area contributed by atoms with Crippen molar-refractivity contribution in [2.75, 3.05) is 0 Å². The molecule has 1 aromatic heterocycles. The summed E-state index contributed by atoms with van der Waals surface area (Å²) in [5, 5.41) is 11.0. The lowest BCUT2D eigenvalue weighted by atomic mass is 10.2. The summed E-state index contributed by atoms with van der Waals surface area (Å²) in [6, 6.07) is 8.62. The Kier molecular flexibility index (Phi) is 3.57. The van der Waals surface area contributed by atoms with Crippen molar-refractivity contribution in [3.8, 4) is 11.6 Å². The molecule has 0 saturated carbocycles. The normalized spacial score (nSPS) is 10.1. The minimum absolute atomic E-state index is 0.00176. The van der Waals surface area contributed by atoms with Crippen LogP contribution in [0, 0.1) is 17.0 Å². The fraction of sp³-hybridized carbons (Fsp3) is 0.0833. The molecule has 2 rings (SSSR count). The third kappa shape index (κ3) is 2.65. The number of aromatic nitrogens is 1. The quantitative estimate of drug-likeness (QED) is 0.638. The van der Waals surface area contributed by atoms with Crippen molar-refractivity contribution in [2.24, 2.45) is 0 Å². The van der Waals surface area contributed by atoms with Gasteiger partial charge in [0.1, 0.15) is 5.75 Å². The highest BCUT2D eigenvalue weighted by atomic mass is 79.9. The highest BCUT2D eigenvalue weighted by Gasteiger charge is 2.20. The number of aryl methyl sites for hydroxylation is 1. The molecule has 5 nitrogen and oxygen atoms in total. The van der Waals surface area contributed by atoms with E-state index in [-0.39, 0.29) is 11.6 Å². The van der Waals surface area contributed by atoms with E-state index in [4.69, 9.17) is 4.74 Å². The smallest absolute Gasteiger partial charge is 0.334 e. The Morgan fingerprint density at radius 2 is 2.17 bits per heavy atom. The summed E-state index contributed by atoms with van der Waals surface area (Å²) in [4.78, 5) is 14.4. The molecule has 0 atom stereocenters. The number of nitrogens with zero attached hydrogens (tertiary/aromatic N) is 2. The van der Waals surface area contributed by atoms with Gasteiger partial charge in [0.05, 0.1) is 4.92 Å². The van der Waals surface area contributed by atoms with E-state index in [1.165, 1.54) is 6.20 Å². The fourth-order valence-electron chi connectivity index (χ4n) is 1.46. The summed E-state index contributed by atoms with van der Waals surface area (Å²) >= 11 is 3.30. The SMILES string of the molecule is Cc1ccnc(Oc2cccc(Br)c2)c1[N+](=O)[O-]. The lowest BCUT2D eigenvalue weighted by molar-refractivity contribution is -0.386. The molecule has 1 heterocycles. The van der Waals surface area contributed by atoms with Crippen LogP contribution in [-0.4, -0.2) is 9.91 Å². The lowest BCUT2D eigenvalue weighted by Crippen LogP contribution is -1.98. The molecule has 0 bridgehead atoms. The van der Waals surface area contributed by atoms with E-state index >= 15 is 0 Å². The number of hydrogen-bond acceptors (Lipinski definition) is 4. The molecule has 0 amide bonds. The minimum Gasteiger partial charge on any atom is -0.434 e. The third-order valence-corrected chi connectivity index (χ3v) is 2.78. The number of halogens is 1. The Morgan fingerprint density at radius 3 is 2.83 bits per heavy atom. The monoisotopic (exact) mass is 308 g/mol. The van der Waals surface area contributed by atoms with Crippen molar-refractivity contribution in [2.45, 2.75) is 6.92 Å². The van der Waals surface area contributed by atoms with Crippen molar-refractivity contribution in [3.05, 3.63) is 56.7 Å². The summed E-state index contributed by atoms with van der Waals surface area (Å²) in [5.74, 6) is 0.490. The van der Waals surface area contributed by atoms with Crippen molar-refractivity contribution >= 4 is 21.6 Å². The van der Waals surface area contributed by atoms with Crippen molar-refractivity contribution in [3.63, 3.8) is 0 Å². The van der Waals surface area contributed by atoms with Gasteiger partial charge in [-0.1, -0.05) is 22.0 Å². The van der Waals surface area contributed by atoms with Crippen LogP contribution in [0.2, 0.25) is 0 Å². The molecular formula is C12H9BrN2O3. The van der Waals surface area contributed by atoms with E-state index in [0.717, 1.165) is 4.47 Å². The molecule has 0 unspecified atom stereocenters. The molecule has 0 N–H and O–H groups in total.